The highest BCUT2D eigenvalue weighted by molar-refractivity contribution is 9.10. The van der Waals surface area contributed by atoms with E-state index in [4.69, 9.17) is 5.73 Å². The van der Waals surface area contributed by atoms with Crippen molar-refractivity contribution in [2.45, 2.75) is 19.9 Å². The Hall–Kier alpha value is -1.88. The highest BCUT2D eigenvalue weighted by Crippen LogP contribution is 2.23. The Morgan fingerprint density at radius 2 is 2.00 bits per heavy atom. The van der Waals surface area contributed by atoms with Crippen molar-refractivity contribution >= 4 is 27.5 Å². The third-order valence-corrected chi connectivity index (χ3v) is 3.67. The number of nitrogens with one attached hydrogen (secondary N) is 1. The molecule has 1 aromatic heterocycles. The van der Waals surface area contributed by atoms with Crippen molar-refractivity contribution in [1.29, 1.82) is 0 Å². The second kappa shape index (κ2) is 6.05. The molecule has 0 aliphatic carbocycles. The zero-order valence-corrected chi connectivity index (χ0v) is 12.9. The molecule has 5 heteroatoms. The molecule has 1 atom stereocenters. The topological polar surface area (TPSA) is 68.0 Å². The minimum Gasteiger partial charge on any atom is -0.398 e. The standard InChI is InChI=1S/C15H16BrN3O/c1-9-13(7-12(16)8-14(9)17)15(20)19-10(2)11-3-5-18-6-4-11/h3-8,10H,17H2,1-2H3,(H,19,20). The first kappa shape index (κ1) is 14.5. The van der Waals surface area contributed by atoms with Crippen molar-refractivity contribution in [3.05, 3.63) is 57.8 Å². The van der Waals surface area contributed by atoms with Gasteiger partial charge in [0.1, 0.15) is 0 Å². The molecular weight excluding hydrogens is 318 g/mol. The van der Waals surface area contributed by atoms with Crippen LogP contribution in [0.3, 0.4) is 0 Å². The summed E-state index contributed by atoms with van der Waals surface area (Å²) in [7, 11) is 0. The average molecular weight is 334 g/mol. The van der Waals surface area contributed by atoms with Gasteiger partial charge in [0.25, 0.3) is 5.91 Å². The van der Waals surface area contributed by atoms with Crippen LogP contribution in [0.25, 0.3) is 0 Å². The van der Waals surface area contributed by atoms with Gasteiger partial charge in [-0.1, -0.05) is 15.9 Å². The predicted molar refractivity (Wildman–Crippen MR) is 83.4 cm³/mol. The number of hydrogen-bond donors (Lipinski definition) is 2. The van der Waals surface area contributed by atoms with Crippen molar-refractivity contribution in [2.24, 2.45) is 0 Å². The van der Waals surface area contributed by atoms with Gasteiger partial charge in [-0.05, 0) is 49.2 Å². The lowest BCUT2D eigenvalue weighted by Gasteiger charge is -2.16. The van der Waals surface area contributed by atoms with Crippen LogP contribution in [0.2, 0.25) is 0 Å². The Morgan fingerprint density at radius 1 is 1.35 bits per heavy atom. The van der Waals surface area contributed by atoms with E-state index in [0.717, 1.165) is 15.6 Å². The van der Waals surface area contributed by atoms with E-state index < -0.39 is 0 Å². The molecular formula is C15H16BrN3O. The van der Waals surface area contributed by atoms with Crippen LogP contribution < -0.4 is 11.1 Å². The maximum atomic E-state index is 12.4. The number of carbonyl (C=O) groups is 1. The summed E-state index contributed by atoms with van der Waals surface area (Å²) in [5.41, 5.74) is 8.86. The van der Waals surface area contributed by atoms with Gasteiger partial charge in [0.15, 0.2) is 0 Å². The lowest BCUT2D eigenvalue weighted by molar-refractivity contribution is 0.0939. The van der Waals surface area contributed by atoms with E-state index in [-0.39, 0.29) is 11.9 Å². The van der Waals surface area contributed by atoms with E-state index in [9.17, 15) is 4.79 Å². The monoisotopic (exact) mass is 333 g/mol. The highest BCUT2D eigenvalue weighted by atomic mass is 79.9. The molecule has 0 saturated carbocycles. The van der Waals surface area contributed by atoms with E-state index in [1.807, 2.05) is 26.0 Å². The molecule has 1 aromatic carbocycles. The normalized spacial score (nSPS) is 11.9. The zero-order valence-electron chi connectivity index (χ0n) is 11.4. The van der Waals surface area contributed by atoms with Crippen LogP contribution in [0, 0.1) is 6.92 Å². The summed E-state index contributed by atoms with van der Waals surface area (Å²) in [5, 5.41) is 2.96. The molecule has 104 valence electrons. The van der Waals surface area contributed by atoms with Crippen molar-refractivity contribution in [3.8, 4) is 0 Å². The average Bonchev–Trinajstić information content (AvgIpc) is 2.43. The molecule has 3 N–H and O–H groups in total. The largest absolute Gasteiger partial charge is 0.398 e. The second-order valence-electron chi connectivity index (χ2n) is 4.64. The van der Waals surface area contributed by atoms with E-state index in [1.54, 1.807) is 24.5 Å². The highest BCUT2D eigenvalue weighted by Gasteiger charge is 2.15. The van der Waals surface area contributed by atoms with Gasteiger partial charge in [0.2, 0.25) is 0 Å². The minimum atomic E-state index is -0.139. The molecule has 0 saturated heterocycles. The molecule has 0 bridgehead atoms. The summed E-state index contributed by atoms with van der Waals surface area (Å²) >= 11 is 3.36. The predicted octanol–water partition coefficient (Wildman–Crippen LogP) is 3.23. The SMILES string of the molecule is Cc1c(N)cc(Br)cc1C(=O)NC(C)c1ccncc1. The second-order valence-corrected chi connectivity index (χ2v) is 5.56. The molecule has 0 fully saturated rings. The first-order chi connectivity index (χ1) is 9.49. The lowest BCUT2D eigenvalue weighted by atomic mass is 10.0. The van der Waals surface area contributed by atoms with Gasteiger partial charge in [0, 0.05) is 28.1 Å². The van der Waals surface area contributed by atoms with E-state index in [1.165, 1.54) is 0 Å². The Balaban J connectivity index is 2.21. The van der Waals surface area contributed by atoms with Crippen LogP contribution in [0.1, 0.15) is 34.5 Å². The lowest BCUT2D eigenvalue weighted by Crippen LogP contribution is -2.27. The fraction of sp³-hybridized carbons (Fsp3) is 0.200. The first-order valence-corrected chi connectivity index (χ1v) is 7.04. The quantitative estimate of drug-likeness (QED) is 0.847. The summed E-state index contributed by atoms with van der Waals surface area (Å²) in [6, 6.07) is 7.24. The van der Waals surface area contributed by atoms with Crippen LogP contribution in [0.4, 0.5) is 5.69 Å². The fourth-order valence-corrected chi connectivity index (χ4v) is 2.42. The number of hydrogen-bond acceptors (Lipinski definition) is 3. The number of nitrogens with two attached hydrogens (primary N) is 1. The van der Waals surface area contributed by atoms with Gasteiger partial charge >= 0.3 is 0 Å². The third-order valence-electron chi connectivity index (χ3n) is 3.21. The van der Waals surface area contributed by atoms with Crippen molar-refractivity contribution in [2.75, 3.05) is 5.73 Å². The summed E-state index contributed by atoms with van der Waals surface area (Å²) in [5.74, 6) is -0.139. The van der Waals surface area contributed by atoms with Crippen molar-refractivity contribution < 1.29 is 4.79 Å². The summed E-state index contributed by atoms with van der Waals surface area (Å²) in [6.07, 6.45) is 3.42. The third kappa shape index (κ3) is 3.17. The summed E-state index contributed by atoms with van der Waals surface area (Å²) in [4.78, 5) is 16.3. The minimum absolute atomic E-state index is 0.0925. The van der Waals surface area contributed by atoms with Gasteiger partial charge in [-0.3, -0.25) is 9.78 Å². The Bertz CT molecular complexity index is 629. The first-order valence-electron chi connectivity index (χ1n) is 6.25. The number of carbonyl (C=O) groups excluding carboxylic acids is 1. The number of amides is 1. The molecule has 1 heterocycles. The molecule has 0 radical (unpaired) electrons. The molecule has 4 nitrogen and oxygen atoms in total. The van der Waals surface area contributed by atoms with Crippen LogP contribution in [-0.2, 0) is 0 Å². The van der Waals surface area contributed by atoms with Gasteiger partial charge in [0.05, 0.1) is 6.04 Å². The number of anilines is 1. The summed E-state index contributed by atoms with van der Waals surface area (Å²) < 4.78 is 0.794. The molecule has 1 unspecified atom stereocenters. The van der Waals surface area contributed by atoms with Crippen LogP contribution >= 0.6 is 15.9 Å². The molecule has 2 aromatic rings. The Morgan fingerprint density at radius 3 is 2.65 bits per heavy atom. The van der Waals surface area contributed by atoms with E-state index in [2.05, 4.69) is 26.2 Å². The molecule has 20 heavy (non-hydrogen) atoms. The van der Waals surface area contributed by atoms with Gasteiger partial charge < -0.3 is 11.1 Å². The van der Waals surface area contributed by atoms with Gasteiger partial charge in [-0.25, -0.2) is 0 Å². The Kier molecular flexibility index (Phi) is 4.39. The van der Waals surface area contributed by atoms with Crippen LogP contribution in [0.15, 0.2) is 41.1 Å². The molecule has 0 spiro atoms. The maximum absolute atomic E-state index is 12.4. The zero-order chi connectivity index (χ0) is 14.7. The number of aromatic nitrogens is 1. The summed E-state index contributed by atoms with van der Waals surface area (Å²) in [6.45, 7) is 3.78. The van der Waals surface area contributed by atoms with Crippen LogP contribution in [0.5, 0.6) is 0 Å². The smallest absolute Gasteiger partial charge is 0.252 e. The van der Waals surface area contributed by atoms with E-state index in [0.29, 0.717) is 11.3 Å². The Labute approximate surface area is 126 Å². The van der Waals surface area contributed by atoms with Crippen LogP contribution in [-0.4, -0.2) is 10.9 Å². The number of pyridine rings is 1. The molecule has 2 rings (SSSR count). The van der Waals surface area contributed by atoms with Gasteiger partial charge in [-0.15, -0.1) is 0 Å². The molecule has 0 aliphatic rings. The number of benzene rings is 1. The molecule has 0 aliphatic heterocycles. The van der Waals surface area contributed by atoms with Gasteiger partial charge in [-0.2, -0.15) is 0 Å². The number of nitrogen functional groups attached to an aromatic ring is 1. The number of rotatable bonds is 3. The molecule has 1 amide bonds. The van der Waals surface area contributed by atoms with E-state index >= 15 is 0 Å². The van der Waals surface area contributed by atoms with Crippen molar-refractivity contribution in [1.82, 2.24) is 10.3 Å². The van der Waals surface area contributed by atoms with Crippen molar-refractivity contribution in [3.63, 3.8) is 0 Å². The maximum Gasteiger partial charge on any atom is 0.252 e. The number of nitrogens with zero attached hydrogens (tertiary/aromatic N) is 1. The number of halogens is 1. The fourth-order valence-electron chi connectivity index (χ4n) is 1.95.